The van der Waals surface area contributed by atoms with Gasteiger partial charge in [0.15, 0.2) is 5.82 Å². The van der Waals surface area contributed by atoms with Gasteiger partial charge in [-0.25, -0.2) is 0 Å². The van der Waals surface area contributed by atoms with Crippen LogP contribution in [-0.2, 0) is 11.2 Å². The minimum absolute atomic E-state index is 0.347. The molecule has 0 aliphatic heterocycles. The van der Waals surface area contributed by atoms with Gasteiger partial charge in [0.2, 0.25) is 0 Å². The highest BCUT2D eigenvalue weighted by Gasteiger charge is 2.18. The Balaban J connectivity index is 0.000000187. The molecule has 0 saturated carbocycles. The van der Waals surface area contributed by atoms with E-state index < -0.39 is 11.9 Å². The lowest BCUT2D eigenvalue weighted by atomic mass is 10.00. The Morgan fingerprint density at radius 1 is 1.19 bits per heavy atom. The third kappa shape index (κ3) is 5.77. The molecular formula is C19H23N5O2. The summed E-state index contributed by atoms with van der Waals surface area (Å²) in [5.41, 5.74) is 3.81. The largest absolute Gasteiger partial charge is 0.481 e. The summed E-state index contributed by atoms with van der Waals surface area (Å²) in [6, 6.07) is 12.4. The standard InChI is InChI=1S/C12H11N.C7H12N4O2/c1-10-4-2-3-5-12(10)11-6-8-13-9-7-11;1-2-3-5(7(12)13)4-6-8-10-11-9-6/h2-9H,1H3;5H,2-4H2,1H3,(H,12,13)(H,8,9,10,11). The van der Waals surface area contributed by atoms with E-state index in [0.717, 1.165) is 6.42 Å². The first kappa shape index (κ1) is 19.2. The molecule has 136 valence electrons. The van der Waals surface area contributed by atoms with E-state index in [0.29, 0.717) is 18.7 Å². The van der Waals surface area contributed by atoms with Crippen molar-refractivity contribution in [3.63, 3.8) is 0 Å². The average Bonchev–Trinajstić information content (AvgIpc) is 3.16. The van der Waals surface area contributed by atoms with E-state index in [9.17, 15) is 4.79 Å². The highest BCUT2D eigenvalue weighted by Crippen LogP contribution is 2.21. The number of nitrogens with one attached hydrogen (secondary N) is 1. The normalized spacial score (nSPS) is 11.3. The summed E-state index contributed by atoms with van der Waals surface area (Å²) in [6.07, 6.45) is 5.47. The van der Waals surface area contributed by atoms with Crippen molar-refractivity contribution < 1.29 is 9.90 Å². The van der Waals surface area contributed by atoms with Crippen LogP contribution in [0.1, 0.15) is 31.2 Å². The monoisotopic (exact) mass is 353 g/mol. The Labute approximate surface area is 152 Å². The molecule has 3 rings (SSSR count). The lowest BCUT2D eigenvalue weighted by Crippen LogP contribution is -2.16. The number of carboxylic acids is 1. The Morgan fingerprint density at radius 2 is 1.92 bits per heavy atom. The van der Waals surface area contributed by atoms with Crippen LogP contribution in [0, 0.1) is 12.8 Å². The molecule has 3 aromatic rings. The fraction of sp³-hybridized carbons (Fsp3) is 0.316. The molecule has 0 aliphatic carbocycles. The summed E-state index contributed by atoms with van der Waals surface area (Å²) in [7, 11) is 0. The number of H-pyrrole nitrogens is 1. The average molecular weight is 353 g/mol. The summed E-state index contributed by atoms with van der Waals surface area (Å²) in [6.45, 7) is 4.07. The smallest absolute Gasteiger partial charge is 0.306 e. The lowest BCUT2D eigenvalue weighted by Gasteiger charge is -2.06. The molecule has 26 heavy (non-hydrogen) atoms. The number of carboxylic acid groups (broad SMARTS) is 1. The van der Waals surface area contributed by atoms with E-state index in [1.54, 1.807) is 0 Å². The molecule has 0 radical (unpaired) electrons. The number of benzene rings is 1. The van der Waals surface area contributed by atoms with Crippen molar-refractivity contribution in [2.24, 2.45) is 5.92 Å². The Kier molecular flexibility index (Phi) is 7.42. The molecule has 2 heterocycles. The van der Waals surface area contributed by atoms with E-state index in [1.807, 2.05) is 31.5 Å². The maximum absolute atomic E-state index is 10.7. The number of aryl methyl sites for hydroxylation is 1. The third-order valence-electron chi connectivity index (χ3n) is 3.94. The van der Waals surface area contributed by atoms with Crippen LogP contribution in [0.3, 0.4) is 0 Å². The maximum atomic E-state index is 10.7. The first-order chi connectivity index (χ1) is 12.6. The summed E-state index contributed by atoms with van der Waals surface area (Å²) >= 11 is 0. The van der Waals surface area contributed by atoms with E-state index in [-0.39, 0.29) is 0 Å². The molecule has 0 aliphatic rings. The molecule has 1 atom stereocenters. The number of pyridine rings is 1. The highest BCUT2D eigenvalue weighted by atomic mass is 16.4. The molecule has 0 amide bonds. The fourth-order valence-electron chi connectivity index (χ4n) is 2.58. The zero-order valence-corrected chi connectivity index (χ0v) is 15.0. The first-order valence-electron chi connectivity index (χ1n) is 8.53. The number of nitrogens with zero attached hydrogens (tertiary/aromatic N) is 4. The minimum atomic E-state index is -0.799. The molecule has 0 fully saturated rings. The van der Waals surface area contributed by atoms with Gasteiger partial charge >= 0.3 is 5.97 Å². The molecule has 1 aromatic carbocycles. The van der Waals surface area contributed by atoms with Crippen LogP contribution in [0.5, 0.6) is 0 Å². The second-order valence-corrected chi connectivity index (χ2v) is 5.91. The second kappa shape index (κ2) is 10.0. The van der Waals surface area contributed by atoms with Gasteiger partial charge in [-0.15, -0.1) is 10.2 Å². The number of hydrogen-bond acceptors (Lipinski definition) is 5. The third-order valence-corrected chi connectivity index (χ3v) is 3.94. The van der Waals surface area contributed by atoms with E-state index in [4.69, 9.17) is 5.11 Å². The molecule has 0 bridgehead atoms. The second-order valence-electron chi connectivity index (χ2n) is 5.91. The molecule has 0 saturated heterocycles. The maximum Gasteiger partial charge on any atom is 0.306 e. The molecule has 7 heteroatoms. The van der Waals surface area contributed by atoms with E-state index >= 15 is 0 Å². The van der Waals surface area contributed by atoms with Crippen LogP contribution < -0.4 is 0 Å². The van der Waals surface area contributed by atoms with Crippen LogP contribution in [0.2, 0.25) is 0 Å². The predicted molar refractivity (Wildman–Crippen MR) is 98.3 cm³/mol. The first-order valence-corrected chi connectivity index (χ1v) is 8.53. The number of tetrazole rings is 1. The van der Waals surface area contributed by atoms with Crippen molar-refractivity contribution in [1.29, 1.82) is 0 Å². The van der Waals surface area contributed by atoms with Gasteiger partial charge in [-0.2, -0.15) is 5.21 Å². The van der Waals surface area contributed by atoms with Crippen LogP contribution >= 0.6 is 0 Å². The summed E-state index contributed by atoms with van der Waals surface area (Å²) in [5.74, 6) is -0.741. The number of carbonyl (C=O) groups is 1. The number of hydrogen-bond donors (Lipinski definition) is 2. The molecular weight excluding hydrogens is 330 g/mol. The topological polar surface area (TPSA) is 105 Å². The lowest BCUT2D eigenvalue weighted by molar-refractivity contribution is -0.142. The summed E-state index contributed by atoms with van der Waals surface area (Å²) in [5, 5.41) is 21.9. The quantitative estimate of drug-likeness (QED) is 0.704. The van der Waals surface area contributed by atoms with E-state index in [2.05, 4.69) is 56.8 Å². The Hall–Kier alpha value is -3.09. The van der Waals surface area contributed by atoms with Gasteiger partial charge in [-0.1, -0.05) is 42.8 Å². The molecule has 7 nitrogen and oxygen atoms in total. The van der Waals surface area contributed by atoms with Crippen LogP contribution in [0.15, 0.2) is 48.8 Å². The highest BCUT2D eigenvalue weighted by molar-refractivity contribution is 5.70. The minimum Gasteiger partial charge on any atom is -0.481 e. The van der Waals surface area contributed by atoms with E-state index in [1.165, 1.54) is 16.7 Å². The Morgan fingerprint density at radius 3 is 2.50 bits per heavy atom. The SMILES string of the molecule is CCCC(Cc1nn[nH]n1)C(=O)O.Cc1ccccc1-c1ccncc1. The van der Waals surface area contributed by atoms with Crippen molar-refractivity contribution in [2.45, 2.75) is 33.1 Å². The number of aromatic nitrogens is 5. The number of rotatable bonds is 6. The van der Waals surface area contributed by atoms with Crippen molar-refractivity contribution in [3.05, 3.63) is 60.2 Å². The van der Waals surface area contributed by atoms with Gasteiger partial charge in [-0.05, 0) is 42.2 Å². The molecule has 2 aromatic heterocycles. The fourth-order valence-corrected chi connectivity index (χ4v) is 2.58. The van der Waals surface area contributed by atoms with Gasteiger partial charge in [0.25, 0.3) is 0 Å². The number of aliphatic carboxylic acids is 1. The molecule has 1 unspecified atom stereocenters. The zero-order chi connectivity index (χ0) is 18.8. The number of aromatic amines is 1. The van der Waals surface area contributed by atoms with Crippen molar-refractivity contribution in [2.75, 3.05) is 0 Å². The molecule has 2 N–H and O–H groups in total. The van der Waals surface area contributed by atoms with Crippen LogP contribution in [-0.4, -0.2) is 36.7 Å². The van der Waals surface area contributed by atoms with Gasteiger partial charge in [-0.3, -0.25) is 9.78 Å². The zero-order valence-electron chi connectivity index (χ0n) is 15.0. The van der Waals surface area contributed by atoms with Gasteiger partial charge in [0, 0.05) is 18.8 Å². The van der Waals surface area contributed by atoms with Crippen LogP contribution in [0.4, 0.5) is 0 Å². The van der Waals surface area contributed by atoms with Crippen molar-refractivity contribution in [3.8, 4) is 11.1 Å². The Bertz CT molecular complexity index is 791. The van der Waals surface area contributed by atoms with Crippen molar-refractivity contribution in [1.82, 2.24) is 25.6 Å². The molecule has 0 spiro atoms. The summed E-state index contributed by atoms with van der Waals surface area (Å²) < 4.78 is 0. The van der Waals surface area contributed by atoms with Crippen molar-refractivity contribution >= 4 is 5.97 Å². The van der Waals surface area contributed by atoms with Gasteiger partial charge < -0.3 is 5.11 Å². The predicted octanol–water partition coefficient (Wildman–Crippen LogP) is 3.30. The van der Waals surface area contributed by atoms with Crippen LogP contribution in [0.25, 0.3) is 11.1 Å². The van der Waals surface area contributed by atoms with Gasteiger partial charge in [0.1, 0.15) is 0 Å². The van der Waals surface area contributed by atoms with Gasteiger partial charge in [0.05, 0.1) is 5.92 Å². The summed E-state index contributed by atoms with van der Waals surface area (Å²) in [4.78, 5) is 14.7.